The molecule has 1 aliphatic rings. The Kier molecular flexibility index (Phi) is 10.1. The lowest BCUT2D eigenvalue weighted by Crippen LogP contribution is -2.42. The summed E-state index contributed by atoms with van der Waals surface area (Å²) >= 11 is 6.54. The molecule has 0 unspecified atom stereocenters. The van der Waals surface area contributed by atoms with Crippen LogP contribution in [0.5, 0.6) is 5.75 Å². The fourth-order valence-corrected chi connectivity index (χ4v) is 7.83. The minimum Gasteiger partial charge on any atom is -0.496 e. The van der Waals surface area contributed by atoms with E-state index in [2.05, 4.69) is 36.8 Å². The molecule has 290 valence electrons. The third kappa shape index (κ3) is 7.02. The highest BCUT2D eigenvalue weighted by atomic mass is 35.5. The molecule has 0 saturated carbocycles. The van der Waals surface area contributed by atoms with Gasteiger partial charge < -0.3 is 24.7 Å². The summed E-state index contributed by atoms with van der Waals surface area (Å²) < 4.78 is 16.6. The minimum absolute atomic E-state index is 0.0122. The predicted molar refractivity (Wildman–Crippen MR) is 217 cm³/mol. The zero-order valence-corrected chi connectivity index (χ0v) is 33.0. The number of nitrogens with zero attached hydrogens (tertiary/aromatic N) is 10. The van der Waals surface area contributed by atoms with Crippen LogP contribution in [0, 0.1) is 32.6 Å². The maximum absolute atomic E-state index is 13.7. The van der Waals surface area contributed by atoms with E-state index >= 15 is 0 Å². The second-order valence-corrected chi connectivity index (χ2v) is 14.5. The zero-order chi connectivity index (χ0) is 40.0. The van der Waals surface area contributed by atoms with Crippen LogP contribution >= 0.6 is 11.6 Å². The van der Waals surface area contributed by atoms with Gasteiger partial charge in [0, 0.05) is 67.2 Å². The van der Waals surface area contributed by atoms with Gasteiger partial charge in [-0.3, -0.25) is 28.9 Å². The number of piperidine rings is 1. The number of amides is 1. The third-order valence-electron chi connectivity index (χ3n) is 10.5. The summed E-state index contributed by atoms with van der Waals surface area (Å²) in [5.41, 5.74) is 14.9. The Bertz CT molecular complexity index is 2830. The quantitative estimate of drug-likeness (QED) is 0.126. The highest BCUT2D eigenvalue weighted by Gasteiger charge is 2.28. The molecule has 57 heavy (non-hydrogen) atoms. The number of carbonyl (C=O) groups is 1. The molecule has 1 amide bonds. The van der Waals surface area contributed by atoms with Crippen LogP contribution in [0.1, 0.15) is 47.0 Å². The second-order valence-electron chi connectivity index (χ2n) is 14.2. The number of ether oxygens (including phenoxy) is 2. The van der Waals surface area contributed by atoms with E-state index in [1.54, 1.807) is 42.2 Å². The number of aromatic nitrogens is 9. The van der Waals surface area contributed by atoms with Gasteiger partial charge in [0.15, 0.2) is 0 Å². The first-order valence-electron chi connectivity index (χ1n) is 18.5. The molecule has 15 nitrogen and oxygen atoms in total. The van der Waals surface area contributed by atoms with Crippen molar-refractivity contribution in [2.75, 3.05) is 39.1 Å². The molecule has 0 bridgehead atoms. The highest BCUT2D eigenvalue weighted by Crippen LogP contribution is 2.32. The van der Waals surface area contributed by atoms with Gasteiger partial charge in [0.1, 0.15) is 35.3 Å². The van der Waals surface area contributed by atoms with E-state index in [-0.39, 0.29) is 42.0 Å². The number of pyridine rings is 4. The predicted octanol–water partition coefficient (Wildman–Crippen LogP) is 4.93. The average Bonchev–Trinajstić information content (AvgIpc) is 3.68. The molecule has 1 aliphatic heterocycles. The van der Waals surface area contributed by atoms with E-state index < -0.39 is 0 Å². The molecule has 7 aromatic rings. The molecular weight excluding hydrogens is 746 g/mol. The molecular formula is C41H40ClN11O4. The maximum Gasteiger partial charge on any atom is 0.329 e. The zero-order valence-electron chi connectivity index (χ0n) is 32.2. The Morgan fingerprint density at radius 3 is 2.58 bits per heavy atom. The molecule has 1 fully saturated rings. The van der Waals surface area contributed by atoms with Crippen LogP contribution in [0.25, 0.3) is 44.4 Å². The standard InChI is InChI=1S/C41H40ClN11O4/c1-23-17-45-31(25(3)37(23)56-5)21-52-20-27(34-38(42)48-40(43)49-39(34)52)7-6-16-57-22-33(54)51-14-12-28(13-15-51)53-36-32(50(4)41(53)55)19-46-30-11-10-29(47-35(30)36)26-9-8-24(2)44-18-26/h8-11,17-20,28H,12-16,21-22H2,1-5H3,(H2,43,48,49). The topological polar surface area (TPSA) is 174 Å². The van der Waals surface area contributed by atoms with Crippen LogP contribution in [0.3, 0.4) is 0 Å². The summed E-state index contributed by atoms with van der Waals surface area (Å²) in [5.74, 6) is 6.78. The Labute approximate surface area is 332 Å². The number of fused-ring (bicyclic) bond motifs is 4. The number of anilines is 1. The van der Waals surface area contributed by atoms with Crippen molar-refractivity contribution in [2.24, 2.45) is 7.05 Å². The van der Waals surface area contributed by atoms with E-state index in [0.717, 1.165) is 45.0 Å². The van der Waals surface area contributed by atoms with Crippen molar-refractivity contribution >= 4 is 56.6 Å². The Hall–Kier alpha value is -6.37. The lowest BCUT2D eigenvalue weighted by molar-refractivity contribution is -0.136. The fourth-order valence-electron chi connectivity index (χ4n) is 7.56. The Morgan fingerprint density at radius 2 is 1.82 bits per heavy atom. The van der Waals surface area contributed by atoms with E-state index in [4.69, 9.17) is 31.8 Å². The maximum atomic E-state index is 13.7. The SMILES string of the molecule is COc1c(C)cnc(Cn2cc(C#CCOCC(=O)N3CCC(n4c(=O)n(C)c5cnc6ccc(-c7ccc(C)nc7)nc6c54)CC3)c3c(Cl)nc(N)nc32)c1C. The van der Waals surface area contributed by atoms with Crippen molar-refractivity contribution < 1.29 is 14.3 Å². The van der Waals surface area contributed by atoms with Crippen LogP contribution in [-0.2, 0) is 23.1 Å². The largest absolute Gasteiger partial charge is 0.496 e. The second kappa shape index (κ2) is 15.3. The lowest BCUT2D eigenvalue weighted by Gasteiger charge is -2.32. The molecule has 0 spiro atoms. The van der Waals surface area contributed by atoms with E-state index in [0.29, 0.717) is 65.6 Å². The number of halogens is 1. The Morgan fingerprint density at radius 1 is 1.02 bits per heavy atom. The van der Waals surface area contributed by atoms with Gasteiger partial charge in [0.05, 0.1) is 58.7 Å². The van der Waals surface area contributed by atoms with Crippen molar-refractivity contribution in [2.45, 2.75) is 46.2 Å². The van der Waals surface area contributed by atoms with Gasteiger partial charge in [-0.05, 0) is 57.9 Å². The molecule has 8 rings (SSSR count). The number of nitrogen functional groups attached to an aromatic ring is 1. The monoisotopic (exact) mass is 785 g/mol. The van der Waals surface area contributed by atoms with E-state index in [9.17, 15) is 9.59 Å². The number of hydrogen-bond donors (Lipinski definition) is 1. The van der Waals surface area contributed by atoms with Gasteiger partial charge in [0.2, 0.25) is 11.9 Å². The number of carbonyl (C=O) groups excluding carboxylic acids is 1. The van der Waals surface area contributed by atoms with Crippen molar-refractivity contribution in [3.63, 3.8) is 0 Å². The molecule has 0 atom stereocenters. The van der Waals surface area contributed by atoms with Gasteiger partial charge in [0.25, 0.3) is 0 Å². The molecule has 8 heterocycles. The fraction of sp³-hybridized carbons (Fsp3) is 0.317. The smallest absolute Gasteiger partial charge is 0.329 e. The molecule has 0 radical (unpaired) electrons. The molecule has 2 N–H and O–H groups in total. The third-order valence-corrected chi connectivity index (χ3v) is 10.8. The molecule has 1 saturated heterocycles. The summed E-state index contributed by atoms with van der Waals surface area (Å²) in [5, 5.41) is 0.742. The summed E-state index contributed by atoms with van der Waals surface area (Å²) in [4.78, 5) is 55.9. The number of likely N-dealkylation sites (tertiary alicyclic amines) is 1. The van der Waals surface area contributed by atoms with Gasteiger partial charge in [-0.15, -0.1) is 0 Å². The van der Waals surface area contributed by atoms with E-state index in [1.165, 1.54) is 0 Å². The van der Waals surface area contributed by atoms with E-state index in [1.807, 2.05) is 60.4 Å². The van der Waals surface area contributed by atoms with Gasteiger partial charge >= 0.3 is 5.69 Å². The molecule has 0 aromatic carbocycles. The number of aryl methyl sites for hydroxylation is 3. The molecule has 0 aliphatic carbocycles. The van der Waals surface area contributed by atoms with Crippen LogP contribution in [0.2, 0.25) is 5.15 Å². The average molecular weight is 786 g/mol. The normalized spacial score (nSPS) is 13.4. The summed E-state index contributed by atoms with van der Waals surface area (Å²) in [6.45, 7) is 7.05. The van der Waals surface area contributed by atoms with Crippen molar-refractivity contribution in [1.82, 2.24) is 48.5 Å². The Balaban J connectivity index is 0.940. The first-order valence-corrected chi connectivity index (χ1v) is 18.8. The van der Waals surface area contributed by atoms with Gasteiger partial charge in [-0.1, -0.05) is 23.4 Å². The summed E-state index contributed by atoms with van der Waals surface area (Å²) in [7, 11) is 3.39. The lowest BCUT2D eigenvalue weighted by atomic mass is 10.0. The van der Waals surface area contributed by atoms with Crippen molar-refractivity contribution in [3.8, 4) is 28.8 Å². The number of rotatable bonds is 8. The van der Waals surface area contributed by atoms with Gasteiger partial charge in [-0.2, -0.15) is 4.98 Å². The summed E-state index contributed by atoms with van der Waals surface area (Å²) in [6, 6.07) is 7.64. The minimum atomic E-state index is -0.145. The van der Waals surface area contributed by atoms with Crippen LogP contribution < -0.4 is 16.2 Å². The van der Waals surface area contributed by atoms with Gasteiger partial charge in [-0.25, -0.2) is 14.8 Å². The number of nitrogens with two attached hydrogens (primary N) is 1. The number of methoxy groups -OCH3 is 1. The van der Waals surface area contributed by atoms with Crippen LogP contribution in [-0.4, -0.2) is 87.8 Å². The van der Waals surface area contributed by atoms with Crippen LogP contribution in [0.15, 0.2) is 53.8 Å². The number of hydrogen-bond acceptors (Lipinski definition) is 11. The summed E-state index contributed by atoms with van der Waals surface area (Å²) in [6.07, 6.45) is 8.31. The number of imidazole rings is 1. The molecule has 7 aromatic heterocycles. The first kappa shape index (κ1) is 37.5. The van der Waals surface area contributed by atoms with Crippen molar-refractivity contribution in [3.05, 3.63) is 92.8 Å². The molecule has 16 heteroatoms. The van der Waals surface area contributed by atoms with Crippen LogP contribution in [0.4, 0.5) is 5.95 Å². The highest BCUT2D eigenvalue weighted by molar-refractivity contribution is 6.34. The first-order chi connectivity index (χ1) is 27.5. The van der Waals surface area contributed by atoms with Crippen molar-refractivity contribution in [1.29, 1.82) is 0 Å².